The highest BCUT2D eigenvalue weighted by Gasteiger charge is 2.19. The average molecular weight is 434 g/mol. The molecule has 0 bridgehead atoms. The summed E-state index contributed by atoms with van der Waals surface area (Å²) >= 11 is 6.60. The minimum absolute atomic E-state index is 0.146. The van der Waals surface area contributed by atoms with Crippen molar-refractivity contribution in [1.82, 2.24) is 4.72 Å². The second kappa shape index (κ2) is 6.48. The summed E-state index contributed by atoms with van der Waals surface area (Å²) in [6.07, 6.45) is 0. The normalized spacial score (nSPS) is 13.1. The lowest BCUT2D eigenvalue weighted by atomic mass is 10.1. The summed E-state index contributed by atoms with van der Waals surface area (Å²) in [4.78, 5) is 0.146. The number of benzene rings is 2. The monoisotopic (exact) mass is 432 g/mol. The van der Waals surface area contributed by atoms with Gasteiger partial charge in [-0.25, -0.2) is 13.1 Å². The molecule has 3 N–H and O–H groups in total. The third-order valence-electron chi connectivity index (χ3n) is 2.98. The number of sulfonamides is 1. The van der Waals surface area contributed by atoms with Crippen LogP contribution in [0.4, 0.5) is 5.69 Å². The van der Waals surface area contributed by atoms with Gasteiger partial charge in [-0.1, -0.05) is 28.1 Å². The molecule has 0 spiro atoms. The van der Waals surface area contributed by atoms with E-state index in [-0.39, 0.29) is 10.9 Å². The molecule has 2 rings (SSSR count). The first-order valence-corrected chi connectivity index (χ1v) is 9.19. The first-order valence-electron chi connectivity index (χ1n) is 6.12. The average Bonchev–Trinajstić information content (AvgIpc) is 2.42. The highest BCUT2D eigenvalue weighted by Crippen LogP contribution is 2.24. The van der Waals surface area contributed by atoms with E-state index in [2.05, 4.69) is 36.6 Å². The fourth-order valence-corrected chi connectivity index (χ4v) is 3.59. The molecule has 0 amide bonds. The van der Waals surface area contributed by atoms with Crippen molar-refractivity contribution < 1.29 is 8.42 Å². The van der Waals surface area contributed by atoms with Crippen LogP contribution in [-0.2, 0) is 10.0 Å². The van der Waals surface area contributed by atoms with Gasteiger partial charge in [-0.3, -0.25) is 0 Å². The zero-order chi connectivity index (χ0) is 15.6. The molecule has 1 atom stereocenters. The number of nitrogen functional groups attached to an aromatic ring is 1. The lowest BCUT2D eigenvalue weighted by molar-refractivity contribution is 0.567. The molecule has 0 heterocycles. The van der Waals surface area contributed by atoms with Crippen LogP contribution in [0.2, 0.25) is 0 Å². The summed E-state index contributed by atoms with van der Waals surface area (Å²) in [6.45, 7) is 1.79. The van der Waals surface area contributed by atoms with Gasteiger partial charge in [0.2, 0.25) is 10.0 Å². The molecule has 7 heteroatoms. The van der Waals surface area contributed by atoms with Gasteiger partial charge in [0, 0.05) is 20.7 Å². The van der Waals surface area contributed by atoms with E-state index >= 15 is 0 Å². The van der Waals surface area contributed by atoms with Gasteiger partial charge in [0.1, 0.15) is 0 Å². The van der Waals surface area contributed by atoms with E-state index in [1.165, 1.54) is 12.1 Å². The lowest BCUT2D eigenvalue weighted by Crippen LogP contribution is -2.27. The molecule has 0 fully saturated rings. The molecule has 0 saturated heterocycles. The Hall–Kier alpha value is -0.890. The molecule has 0 aliphatic carbocycles. The number of halogens is 2. The van der Waals surface area contributed by atoms with Crippen molar-refractivity contribution in [1.29, 1.82) is 0 Å². The SMILES string of the molecule is CC(NS(=O)(=O)c1ccc(Br)c(N)c1)c1ccc(Br)cc1. The molecule has 0 radical (unpaired) electrons. The zero-order valence-electron chi connectivity index (χ0n) is 11.2. The lowest BCUT2D eigenvalue weighted by Gasteiger charge is -2.15. The van der Waals surface area contributed by atoms with Crippen LogP contribution in [0.25, 0.3) is 0 Å². The molecular formula is C14H14Br2N2O2S. The van der Waals surface area contributed by atoms with E-state index in [4.69, 9.17) is 5.73 Å². The van der Waals surface area contributed by atoms with Crippen LogP contribution in [0.5, 0.6) is 0 Å². The number of anilines is 1. The van der Waals surface area contributed by atoms with Gasteiger partial charge < -0.3 is 5.73 Å². The number of hydrogen-bond acceptors (Lipinski definition) is 3. The molecule has 1 unspecified atom stereocenters. The highest BCUT2D eigenvalue weighted by molar-refractivity contribution is 9.10. The second-order valence-corrected chi connectivity index (χ2v) is 8.06. The Morgan fingerprint density at radius 1 is 1.10 bits per heavy atom. The Bertz CT molecular complexity index is 746. The van der Waals surface area contributed by atoms with Gasteiger partial charge in [-0.15, -0.1) is 0 Å². The van der Waals surface area contributed by atoms with E-state index in [0.29, 0.717) is 10.2 Å². The van der Waals surface area contributed by atoms with Crippen molar-refractivity contribution in [3.8, 4) is 0 Å². The third kappa shape index (κ3) is 4.06. The maximum absolute atomic E-state index is 12.4. The van der Waals surface area contributed by atoms with Gasteiger partial charge in [0.15, 0.2) is 0 Å². The maximum Gasteiger partial charge on any atom is 0.241 e. The van der Waals surface area contributed by atoms with Gasteiger partial charge in [-0.2, -0.15) is 0 Å². The number of nitrogens with two attached hydrogens (primary N) is 1. The van der Waals surface area contributed by atoms with Crippen molar-refractivity contribution in [2.45, 2.75) is 17.9 Å². The Kier molecular flexibility index (Phi) is 5.08. The second-order valence-electron chi connectivity index (χ2n) is 4.58. The minimum atomic E-state index is -3.62. The molecule has 2 aromatic rings. The van der Waals surface area contributed by atoms with E-state index in [1.807, 2.05) is 24.3 Å². The molecule has 21 heavy (non-hydrogen) atoms. The van der Waals surface area contributed by atoms with Crippen molar-refractivity contribution >= 4 is 47.6 Å². The standard InChI is InChI=1S/C14H14Br2N2O2S/c1-9(10-2-4-11(15)5-3-10)18-21(19,20)12-6-7-13(16)14(17)8-12/h2-9,18H,17H2,1H3. The third-order valence-corrected chi connectivity index (χ3v) is 5.77. The summed E-state index contributed by atoms with van der Waals surface area (Å²) in [5.74, 6) is 0. The van der Waals surface area contributed by atoms with E-state index in [9.17, 15) is 8.42 Å². The fourth-order valence-electron chi connectivity index (χ4n) is 1.81. The minimum Gasteiger partial charge on any atom is -0.398 e. The molecule has 0 aliphatic heterocycles. The Morgan fingerprint density at radius 3 is 2.29 bits per heavy atom. The van der Waals surface area contributed by atoms with Crippen molar-refractivity contribution in [3.63, 3.8) is 0 Å². The maximum atomic E-state index is 12.4. The van der Waals surface area contributed by atoms with Crippen LogP contribution in [0.3, 0.4) is 0 Å². The quantitative estimate of drug-likeness (QED) is 0.719. The number of rotatable bonds is 4. The summed E-state index contributed by atoms with van der Waals surface area (Å²) in [7, 11) is -3.62. The van der Waals surface area contributed by atoms with Gasteiger partial charge in [-0.05, 0) is 58.7 Å². The Morgan fingerprint density at radius 2 is 1.71 bits per heavy atom. The largest absolute Gasteiger partial charge is 0.398 e. The van der Waals surface area contributed by atoms with E-state index in [0.717, 1.165) is 10.0 Å². The van der Waals surface area contributed by atoms with Crippen molar-refractivity contribution in [2.24, 2.45) is 0 Å². The molecule has 0 saturated carbocycles. The smallest absolute Gasteiger partial charge is 0.241 e. The predicted molar refractivity (Wildman–Crippen MR) is 91.4 cm³/mol. The van der Waals surface area contributed by atoms with Crippen LogP contribution >= 0.6 is 31.9 Å². The predicted octanol–water partition coefficient (Wildman–Crippen LogP) is 3.83. The summed E-state index contributed by atoms with van der Waals surface area (Å²) < 4.78 is 29.0. The van der Waals surface area contributed by atoms with Crippen LogP contribution in [0, 0.1) is 0 Å². The van der Waals surface area contributed by atoms with E-state index < -0.39 is 10.0 Å². The van der Waals surface area contributed by atoms with Gasteiger partial charge in [0.25, 0.3) is 0 Å². The fraction of sp³-hybridized carbons (Fsp3) is 0.143. The summed E-state index contributed by atoms with van der Waals surface area (Å²) in [5.41, 5.74) is 7.00. The molecule has 0 aliphatic rings. The summed E-state index contributed by atoms with van der Waals surface area (Å²) in [5, 5.41) is 0. The first kappa shape index (κ1) is 16.5. The van der Waals surface area contributed by atoms with Crippen LogP contribution in [-0.4, -0.2) is 8.42 Å². The van der Waals surface area contributed by atoms with Crippen LogP contribution in [0.1, 0.15) is 18.5 Å². The molecule has 0 aromatic heterocycles. The Balaban J connectivity index is 2.24. The molecular weight excluding hydrogens is 420 g/mol. The van der Waals surface area contributed by atoms with Gasteiger partial charge in [0.05, 0.1) is 4.90 Å². The van der Waals surface area contributed by atoms with E-state index in [1.54, 1.807) is 13.0 Å². The molecule has 2 aromatic carbocycles. The first-order chi connectivity index (χ1) is 9.79. The molecule has 112 valence electrons. The summed E-state index contributed by atoms with van der Waals surface area (Å²) in [6, 6.07) is 11.7. The van der Waals surface area contributed by atoms with Crippen molar-refractivity contribution in [2.75, 3.05) is 5.73 Å². The Labute approximate surface area is 141 Å². The van der Waals surface area contributed by atoms with Crippen LogP contribution in [0.15, 0.2) is 56.3 Å². The number of hydrogen-bond donors (Lipinski definition) is 2. The van der Waals surface area contributed by atoms with Gasteiger partial charge >= 0.3 is 0 Å². The number of nitrogens with one attached hydrogen (secondary N) is 1. The van der Waals surface area contributed by atoms with Crippen molar-refractivity contribution in [3.05, 3.63) is 57.0 Å². The highest BCUT2D eigenvalue weighted by atomic mass is 79.9. The van der Waals surface area contributed by atoms with Crippen LogP contribution < -0.4 is 10.5 Å². The molecule has 4 nitrogen and oxygen atoms in total. The zero-order valence-corrected chi connectivity index (χ0v) is 15.2. The topological polar surface area (TPSA) is 72.2 Å².